The molecule has 0 fully saturated rings. The van der Waals surface area contributed by atoms with Crippen molar-refractivity contribution >= 4 is 23.3 Å². The Bertz CT molecular complexity index is 663. The number of aromatic amines is 1. The van der Waals surface area contributed by atoms with E-state index >= 15 is 0 Å². The van der Waals surface area contributed by atoms with Crippen LogP contribution in [0, 0.1) is 16.5 Å². The van der Waals surface area contributed by atoms with Crippen LogP contribution >= 0.6 is 12.2 Å². The molecule has 6 heteroatoms. The smallest absolute Gasteiger partial charge is 0.178 e. The van der Waals surface area contributed by atoms with Crippen LogP contribution in [0.2, 0.25) is 0 Å². The first kappa shape index (κ1) is 16.0. The van der Waals surface area contributed by atoms with Gasteiger partial charge in [0, 0.05) is 31.9 Å². The number of nitrogens with one attached hydrogen (secondary N) is 1. The van der Waals surface area contributed by atoms with Crippen LogP contribution in [0.3, 0.4) is 0 Å². The van der Waals surface area contributed by atoms with E-state index in [2.05, 4.69) is 18.8 Å². The number of rotatable bonds is 7. The molecule has 0 aliphatic carbocycles. The molecule has 2 aromatic rings. The molecule has 4 nitrogen and oxygen atoms in total. The first-order chi connectivity index (χ1) is 10.0. The zero-order valence-electron chi connectivity index (χ0n) is 12.6. The first-order valence-electron chi connectivity index (χ1n) is 7.06. The van der Waals surface area contributed by atoms with Gasteiger partial charge >= 0.3 is 0 Å². The fourth-order valence-corrected chi connectivity index (χ4v) is 2.48. The molecule has 21 heavy (non-hydrogen) atoms. The average Bonchev–Trinajstić information content (AvgIpc) is 2.72. The number of aryl methyl sites for hydroxylation is 1. The molecule has 0 aliphatic rings. The topological polar surface area (TPSA) is 39.2 Å². The number of benzene rings is 1. The summed E-state index contributed by atoms with van der Waals surface area (Å²) < 4.78 is 26.8. The van der Waals surface area contributed by atoms with Crippen LogP contribution in [0.1, 0.15) is 20.3 Å². The van der Waals surface area contributed by atoms with Crippen molar-refractivity contribution in [2.24, 2.45) is 5.92 Å². The van der Waals surface area contributed by atoms with Crippen molar-refractivity contribution < 1.29 is 13.9 Å². The maximum atomic E-state index is 13.7. The molecule has 1 N–H and O–H groups in total. The summed E-state index contributed by atoms with van der Waals surface area (Å²) in [7, 11) is 1.45. The molecule has 0 saturated carbocycles. The lowest BCUT2D eigenvalue weighted by atomic mass is 10.2. The summed E-state index contributed by atoms with van der Waals surface area (Å²) in [5.41, 5.74) is 1.53. The Morgan fingerprint density at radius 2 is 2.14 bits per heavy atom. The van der Waals surface area contributed by atoms with E-state index in [4.69, 9.17) is 21.7 Å². The van der Waals surface area contributed by atoms with E-state index in [1.165, 1.54) is 13.2 Å². The molecule has 0 aliphatic heterocycles. The monoisotopic (exact) mass is 312 g/mol. The summed E-state index contributed by atoms with van der Waals surface area (Å²) in [5, 5.41) is 0. The van der Waals surface area contributed by atoms with Gasteiger partial charge in [-0.3, -0.25) is 0 Å². The summed E-state index contributed by atoms with van der Waals surface area (Å²) in [4.78, 5) is 3.02. The van der Waals surface area contributed by atoms with Crippen molar-refractivity contribution in [3.05, 3.63) is 22.7 Å². The number of H-pyrrole nitrogens is 1. The standard InChI is InChI=1S/C15H21FN2O2S/c1-10(2)9-20-6-4-5-18-13-8-14(19-3)11(16)7-12(13)17-15(18)21/h7-8,10H,4-6,9H2,1-3H3,(H,17,21). The Kier molecular flexibility index (Phi) is 5.36. The minimum atomic E-state index is -0.395. The highest BCUT2D eigenvalue weighted by atomic mass is 32.1. The summed E-state index contributed by atoms with van der Waals surface area (Å²) in [6, 6.07) is 3.08. The van der Waals surface area contributed by atoms with Crippen LogP contribution in [0.15, 0.2) is 12.1 Å². The highest BCUT2D eigenvalue weighted by Crippen LogP contribution is 2.24. The van der Waals surface area contributed by atoms with Crippen LogP contribution in [0.25, 0.3) is 11.0 Å². The maximum absolute atomic E-state index is 13.7. The van der Waals surface area contributed by atoms with E-state index in [9.17, 15) is 4.39 Å². The largest absolute Gasteiger partial charge is 0.494 e. The molecular weight excluding hydrogens is 291 g/mol. The van der Waals surface area contributed by atoms with Gasteiger partial charge in [-0.05, 0) is 24.6 Å². The van der Waals surface area contributed by atoms with Crippen LogP contribution in [0.4, 0.5) is 4.39 Å². The van der Waals surface area contributed by atoms with Gasteiger partial charge in [0.05, 0.1) is 18.1 Å². The fourth-order valence-electron chi connectivity index (χ4n) is 2.18. The van der Waals surface area contributed by atoms with Gasteiger partial charge in [0.15, 0.2) is 16.3 Å². The van der Waals surface area contributed by atoms with Crippen LogP contribution < -0.4 is 4.74 Å². The van der Waals surface area contributed by atoms with E-state index in [0.29, 0.717) is 22.8 Å². The third-order valence-corrected chi connectivity index (χ3v) is 3.49. The van der Waals surface area contributed by atoms with Gasteiger partial charge in [0.1, 0.15) is 0 Å². The third-order valence-electron chi connectivity index (χ3n) is 3.17. The van der Waals surface area contributed by atoms with Crippen molar-refractivity contribution in [1.82, 2.24) is 9.55 Å². The zero-order chi connectivity index (χ0) is 15.4. The molecule has 2 rings (SSSR count). The van der Waals surface area contributed by atoms with Gasteiger partial charge in [-0.2, -0.15) is 0 Å². The predicted octanol–water partition coefficient (Wildman–Crippen LogP) is 3.91. The Labute approximate surface area is 128 Å². The van der Waals surface area contributed by atoms with Crippen molar-refractivity contribution in [1.29, 1.82) is 0 Å². The van der Waals surface area contributed by atoms with Gasteiger partial charge in [0.2, 0.25) is 0 Å². The quantitative estimate of drug-likeness (QED) is 0.622. The predicted molar refractivity (Wildman–Crippen MR) is 83.9 cm³/mol. The molecule has 0 atom stereocenters. The number of aromatic nitrogens is 2. The second-order valence-electron chi connectivity index (χ2n) is 5.41. The Morgan fingerprint density at radius 1 is 1.38 bits per heavy atom. The highest BCUT2D eigenvalue weighted by molar-refractivity contribution is 7.71. The minimum absolute atomic E-state index is 0.223. The lowest BCUT2D eigenvalue weighted by Gasteiger charge is -2.08. The number of imidazole rings is 1. The van der Waals surface area contributed by atoms with E-state index in [0.717, 1.165) is 25.1 Å². The molecule has 0 radical (unpaired) electrons. The number of hydrogen-bond donors (Lipinski definition) is 1. The van der Waals surface area contributed by atoms with Crippen molar-refractivity contribution in [2.75, 3.05) is 20.3 Å². The van der Waals surface area contributed by atoms with Gasteiger partial charge in [-0.15, -0.1) is 0 Å². The van der Waals surface area contributed by atoms with Gasteiger partial charge in [-0.1, -0.05) is 13.8 Å². The molecule has 0 spiro atoms. The SMILES string of the molecule is COc1cc2c(cc1F)[nH]c(=S)n2CCCOCC(C)C. The normalized spacial score (nSPS) is 11.5. The van der Waals surface area contributed by atoms with Crippen molar-refractivity contribution in [2.45, 2.75) is 26.8 Å². The number of fused-ring (bicyclic) bond motifs is 1. The Balaban J connectivity index is 2.12. The van der Waals surface area contributed by atoms with Crippen molar-refractivity contribution in [3.8, 4) is 5.75 Å². The minimum Gasteiger partial charge on any atom is -0.494 e. The Morgan fingerprint density at radius 3 is 2.81 bits per heavy atom. The van der Waals surface area contributed by atoms with E-state index in [-0.39, 0.29) is 5.75 Å². The number of ether oxygens (including phenoxy) is 2. The van der Waals surface area contributed by atoms with Crippen molar-refractivity contribution in [3.63, 3.8) is 0 Å². The lowest BCUT2D eigenvalue weighted by Crippen LogP contribution is -2.06. The van der Waals surface area contributed by atoms with E-state index < -0.39 is 5.82 Å². The highest BCUT2D eigenvalue weighted by Gasteiger charge is 2.10. The number of nitrogens with zero attached hydrogens (tertiary/aromatic N) is 1. The molecule has 1 heterocycles. The van der Waals surface area contributed by atoms with Crippen LogP contribution in [-0.2, 0) is 11.3 Å². The Hall–Kier alpha value is -1.40. The zero-order valence-corrected chi connectivity index (χ0v) is 13.4. The summed E-state index contributed by atoms with van der Waals surface area (Å²) in [5.74, 6) is 0.363. The molecule has 0 amide bonds. The number of halogens is 1. The molecule has 0 saturated heterocycles. The summed E-state index contributed by atoms with van der Waals surface area (Å²) in [6.45, 7) is 6.42. The van der Waals surface area contributed by atoms with E-state index in [1.54, 1.807) is 6.07 Å². The first-order valence-corrected chi connectivity index (χ1v) is 7.47. The molecular formula is C15H21FN2O2S. The summed E-state index contributed by atoms with van der Waals surface area (Å²) in [6.07, 6.45) is 0.855. The second kappa shape index (κ2) is 7.04. The molecule has 1 aromatic carbocycles. The van der Waals surface area contributed by atoms with Gasteiger partial charge in [0.25, 0.3) is 0 Å². The number of hydrogen-bond acceptors (Lipinski definition) is 3. The number of methoxy groups -OCH3 is 1. The molecule has 0 unspecified atom stereocenters. The third kappa shape index (κ3) is 3.83. The van der Waals surface area contributed by atoms with Crippen LogP contribution in [0.5, 0.6) is 5.75 Å². The molecule has 0 bridgehead atoms. The van der Waals surface area contributed by atoms with E-state index in [1.807, 2.05) is 4.57 Å². The average molecular weight is 312 g/mol. The fraction of sp³-hybridized carbons (Fsp3) is 0.533. The lowest BCUT2D eigenvalue weighted by molar-refractivity contribution is 0.105. The summed E-state index contributed by atoms with van der Waals surface area (Å²) >= 11 is 5.30. The van der Waals surface area contributed by atoms with Crippen LogP contribution in [-0.4, -0.2) is 29.9 Å². The second-order valence-corrected chi connectivity index (χ2v) is 5.79. The van der Waals surface area contributed by atoms with Gasteiger partial charge < -0.3 is 19.0 Å². The molecule has 116 valence electrons. The maximum Gasteiger partial charge on any atom is 0.178 e. The van der Waals surface area contributed by atoms with Gasteiger partial charge in [-0.25, -0.2) is 4.39 Å². The molecule has 1 aromatic heterocycles.